The fourth-order valence-electron chi connectivity index (χ4n) is 2.79. The van der Waals surface area contributed by atoms with Crippen LogP contribution in [0.5, 0.6) is 0 Å². The molecule has 13 heavy (non-hydrogen) atoms. The van der Waals surface area contributed by atoms with Crippen LogP contribution in [0.2, 0.25) is 0 Å². The Kier molecular flexibility index (Phi) is 4.79. The molecular weight excluding hydrogens is 158 g/mol. The van der Waals surface area contributed by atoms with Crippen LogP contribution in [-0.2, 0) is 0 Å². The molecular formula is C12H25N. The molecule has 78 valence electrons. The molecule has 0 saturated heterocycles. The van der Waals surface area contributed by atoms with E-state index < -0.39 is 0 Å². The first kappa shape index (κ1) is 11.0. The topological polar surface area (TPSA) is 26.0 Å². The van der Waals surface area contributed by atoms with E-state index in [9.17, 15) is 0 Å². The molecule has 1 fully saturated rings. The van der Waals surface area contributed by atoms with Crippen LogP contribution in [0.4, 0.5) is 0 Å². The quantitative estimate of drug-likeness (QED) is 0.711. The molecule has 1 aliphatic rings. The summed E-state index contributed by atoms with van der Waals surface area (Å²) in [6.07, 6.45) is 9.46. The molecule has 3 atom stereocenters. The van der Waals surface area contributed by atoms with E-state index in [0.717, 1.165) is 11.8 Å². The van der Waals surface area contributed by atoms with E-state index in [2.05, 4.69) is 13.8 Å². The minimum atomic E-state index is 0.505. The van der Waals surface area contributed by atoms with Crippen LogP contribution in [0.15, 0.2) is 0 Å². The molecule has 0 amide bonds. The molecule has 0 aromatic carbocycles. The van der Waals surface area contributed by atoms with Crippen molar-refractivity contribution in [2.75, 3.05) is 0 Å². The maximum absolute atomic E-state index is 6.19. The van der Waals surface area contributed by atoms with Crippen LogP contribution in [0.25, 0.3) is 0 Å². The Bertz CT molecular complexity index is 133. The van der Waals surface area contributed by atoms with Gasteiger partial charge in [0.15, 0.2) is 0 Å². The number of unbranched alkanes of at least 4 members (excludes halogenated alkanes) is 1. The molecule has 0 aromatic heterocycles. The zero-order valence-electron chi connectivity index (χ0n) is 9.26. The van der Waals surface area contributed by atoms with Crippen molar-refractivity contribution < 1.29 is 0 Å². The van der Waals surface area contributed by atoms with Gasteiger partial charge < -0.3 is 5.73 Å². The van der Waals surface area contributed by atoms with Crippen LogP contribution >= 0.6 is 0 Å². The number of nitrogens with two attached hydrogens (primary N) is 1. The third-order valence-corrected chi connectivity index (χ3v) is 3.68. The third-order valence-electron chi connectivity index (χ3n) is 3.68. The summed E-state index contributed by atoms with van der Waals surface area (Å²) in [5.41, 5.74) is 6.19. The summed E-state index contributed by atoms with van der Waals surface area (Å²) in [5.74, 6) is 1.76. The Labute approximate surface area is 83.1 Å². The fourth-order valence-corrected chi connectivity index (χ4v) is 2.79. The van der Waals surface area contributed by atoms with E-state index in [0.29, 0.717) is 6.04 Å². The maximum atomic E-state index is 6.19. The summed E-state index contributed by atoms with van der Waals surface area (Å²) in [7, 11) is 0. The molecule has 1 heteroatoms. The van der Waals surface area contributed by atoms with Crippen molar-refractivity contribution in [3.8, 4) is 0 Å². The van der Waals surface area contributed by atoms with Crippen molar-refractivity contribution >= 4 is 0 Å². The third kappa shape index (κ3) is 2.98. The molecule has 0 heterocycles. The van der Waals surface area contributed by atoms with Crippen LogP contribution in [-0.4, -0.2) is 6.04 Å². The van der Waals surface area contributed by atoms with Crippen LogP contribution in [0.3, 0.4) is 0 Å². The van der Waals surface area contributed by atoms with Gasteiger partial charge in [-0.05, 0) is 24.7 Å². The molecule has 1 saturated carbocycles. The fraction of sp³-hybridized carbons (Fsp3) is 1.00. The number of hydrogen-bond acceptors (Lipinski definition) is 1. The van der Waals surface area contributed by atoms with Gasteiger partial charge in [-0.15, -0.1) is 0 Å². The van der Waals surface area contributed by atoms with Crippen molar-refractivity contribution in [2.24, 2.45) is 17.6 Å². The van der Waals surface area contributed by atoms with Gasteiger partial charge >= 0.3 is 0 Å². The van der Waals surface area contributed by atoms with E-state index in [4.69, 9.17) is 5.73 Å². The van der Waals surface area contributed by atoms with Gasteiger partial charge in [0.2, 0.25) is 0 Å². The van der Waals surface area contributed by atoms with Crippen molar-refractivity contribution in [3.05, 3.63) is 0 Å². The summed E-state index contributed by atoms with van der Waals surface area (Å²) in [6, 6.07) is 0.505. The lowest BCUT2D eigenvalue weighted by molar-refractivity contribution is 0.184. The average Bonchev–Trinajstić information content (AvgIpc) is 2.15. The molecule has 1 rings (SSSR count). The minimum absolute atomic E-state index is 0.505. The van der Waals surface area contributed by atoms with Gasteiger partial charge in [-0.25, -0.2) is 0 Å². The summed E-state index contributed by atoms with van der Waals surface area (Å²) in [4.78, 5) is 0. The molecule has 0 aliphatic heterocycles. The van der Waals surface area contributed by atoms with E-state index in [1.807, 2.05) is 0 Å². The van der Waals surface area contributed by atoms with Crippen LogP contribution < -0.4 is 5.73 Å². The SMILES string of the molecule is CCCCC1C(N)CCCC1CC. The first-order valence-corrected chi connectivity index (χ1v) is 6.05. The predicted molar refractivity (Wildman–Crippen MR) is 58.6 cm³/mol. The highest BCUT2D eigenvalue weighted by Gasteiger charge is 2.28. The molecule has 1 nitrogen and oxygen atoms in total. The van der Waals surface area contributed by atoms with Crippen LogP contribution in [0, 0.1) is 11.8 Å². The lowest BCUT2D eigenvalue weighted by atomic mass is 9.73. The lowest BCUT2D eigenvalue weighted by Crippen LogP contribution is -2.38. The highest BCUT2D eigenvalue weighted by atomic mass is 14.7. The van der Waals surface area contributed by atoms with Crippen molar-refractivity contribution in [2.45, 2.75) is 64.8 Å². The normalized spacial score (nSPS) is 34.8. The van der Waals surface area contributed by atoms with Gasteiger partial charge in [-0.2, -0.15) is 0 Å². The van der Waals surface area contributed by atoms with Crippen molar-refractivity contribution in [1.29, 1.82) is 0 Å². The Morgan fingerprint density at radius 2 is 2.00 bits per heavy atom. The van der Waals surface area contributed by atoms with Gasteiger partial charge in [-0.3, -0.25) is 0 Å². The number of hydrogen-bond donors (Lipinski definition) is 1. The Balaban J connectivity index is 2.41. The summed E-state index contributed by atoms with van der Waals surface area (Å²) < 4.78 is 0. The summed E-state index contributed by atoms with van der Waals surface area (Å²) in [5, 5.41) is 0. The van der Waals surface area contributed by atoms with Crippen LogP contribution in [0.1, 0.15) is 58.8 Å². The van der Waals surface area contributed by atoms with E-state index in [1.54, 1.807) is 0 Å². The van der Waals surface area contributed by atoms with Gasteiger partial charge in [0.25, 0.3) is 0 Å². The molecule has 0 spiro atoms. The molecule has 2 N–H and O–H groups in total. The highest BCUT2D eigenvalue weighted by Crippen LogP contribution is 2.34. The maximum Gasteiger partial charge on any atom is 0.00698 e. The van der Waals surface area contributed by atoms with Crippen molar-refractivity contribution in [1.82, 2.24) is 0 Å². The standard InChI is InChI=1S/C12H25N/c1-3-5-8-11-10(4-2)7-6-9-12(11)13/h10-12H,3-9,13H2,1-2H3. The van der Waals surface area contributed by atoms with Gasteiger partial charge in [-0.1, -0.05) is 46.0 Å². The first-order chi connectivity index (χ1) is 6.29. The Hall–Kier alpha value is -0.0400. The molecule has 0 radical (unpaired) electrons. The monoisotopic (exact) mass is 183 g/mol. The largest absolute Gasteiger partial charge is 0.327 e. The summed E-state index contributed by atoms with van der Waals surface area (Å²) >= 11 is 0. The predicted octanol–water partition coefficient (Wildman–Crippen LogP) is 3.33. The molecule has 1 aliphatic carbocycles. The second kappa shape index (κ2) is 5.64. The van der Waals surface area contributed by atoms with Gasteiger partial charge in [0, 0.05) is 6.04 Å². The van der Waals surface area contributed by atoms with Gasteiger partial charge in [0.05, 0.1) is 0 Å². The second-order valence-electron chi connectivity index (χ2n) is 4.57. The van der Waals surface area contributed by atoms with E-state index in [1.165, 1.54) is 44.9 Å². The molecule has 0 bridgehead atoms. The zero-order valence-corrected chi connectivity index (χ0v) is 9.26. The Morgan fingerprint density at radius 3 is 2.62 bits per heavy atom. The van der Waals surface area contributed by atoms with Gasteiger partial charge in [0.1, 0.15) is 0 Å². The highest BCUT2D eigenvalue weighted by molar-refractivity contribution is 4.83. The molecule has 3 unspecified atom stereocenters. The van der Waals surface area contributed by atoms with Crippen molar-refractivity contribution in [3.63, 3.8) is 0 Å². The zero-order chi connectivity index (χ0) is 9.68. The summed E-state index contributed by atoms with van der Waals surface area (Å²) in [6.45, 7) is 4.59. The second-order valence-corrected chi connectivity index (χ2v) is 4.57. The Morgan fingerprint density at radius 1 is 1.23 bits per heavy atom. The first-order valence-electron chi connectivity index (χ1n) is 6.05. The lowest BCUT2D eigenvalue weighted by Gasteiger charge is -2.36. The smallest absolute Gasteiger partial charge is 0.00698 e. The van der Waals surface area contributed by atoms with E-state index in [-0.39, 0.29) is 0 Å². The minimum Gasteiger partial charge on any atom is -0.327 e. The number of rotatable bonds is 4. The van der Waals surface area contributed by atoms with E-state index >= 15 is 0 Å². The molecule has 0 aromatic rings. The average molecular weight is 183 g/mol.